The first kappa shape index (κ1) is 22.2. The van der Waals surface area contributed by atoms with E-state index in [0.717, 1.165) is 24.0 Å². The molecule has 0 amide bonds. The normalized spacial score (nSPS) is 12.2. The van der Waals surface area contributed by atoms with Crippen LogP contribution in [0.3, 0.4) is 0 Å². The van der Waals surface area contributed by atoms with Gasteiger partial charge in [-0.1, -0.05) is 13.8 Å². The van der Waals surface area contributed by atoms with Crippen LogP contribution in [-0.2, 0) is 20.6 Å². The number of imidazole rings is 1. The maximum Gasteiger partial charge on any atom is 0.332 e. The fraction of sp³-hybridized carbons (Fsp3) is 0.688. The van der Waals surface area contributed by atoms with Gasteiger partial charge in [-0.05, 0) is 12.8 Å². The number of aliphatic hydroxyl groups excluding tert-OH is 1. The van der Waals surface area contributed by atoms with E-state index in [9.17, 15) is 14.7 Å². The summed E-state index contributed by atoms with van der Waals surface area (Å²) in [4.78, 5) is 29.2. The molecule has 2 heterocycles. The second-order valence-electron chi connectivity index (χ2n) is 6.32. The second kappa shape index (κ2) is 9.75. The minimum Gasteiger partial charge on any atom is -1.00 e. The van der Waals surface area contributed by atoms with Crippen molar-refractivity contribution >= 4 is 17.1 Å². The summed E-state index contributed by atoms with van der Waals surface area (Å²) in [7, 11) is 3.04. The van der Waals surface area contributed by atoms with Gasteiger partial charge in [-0.25, -0.2) is 4.79 Å². The summed E-state index contributed by atoms with van der Waals surface area (Å²) >= 11 is 0. The summed E-state index contributed by atoms with van der Waals surface area (Å²) in [5.41, 5.74) is -0.157. The molecule has 0 saturated heterocycles. The van der Waals surface area contributed by atoms with Crippen LogP contribution in [0.1, 0.15) is 26.7 Å². The molecule has 148 valence electrons. The van der Waals surface area contributed by atoms with Crippen LogP contribution in [0, 0.1) is 0 Å². The van der Waals surface area contributed by atoms with E-state index in [1.165, 1.54) is 11.6 Å². The van der Waals surface area contributed by atoms with Crippen molar-refractivity contribution in [3.8, 4) is 0 Å². The van der Waals surface area contributed by atoms with Gasteiger partial charge < -0.3 is 32.7 Å². The van der Waals surface area contributed by atoms with Crippen LogP contribution in [0.2, 0.25) is 0 Å². The van der Waals surface area contributed by atoms with Crippen molar-refractivity contribution in [1.82, 2.24) is 18.7 Å². The molecule has 26 heavy (non-hydrogen) atoms. The number of aliphatic hydroxyl groups is 1. The molecule has 0 spiro atoms. The highest BCUT2D eigenvalue weighted by Gasteiger charge is 2.21. The number of aryl methyl sites for hydroxylation is 1. The minimum atomic E-state index is -0.618. The minimum absolute atomic E-state index is 0. The van der Waals surface area contributed by atoms with E-state index in [-0.39, 0.29) is 19.0 Å². The molecule has 9 nitrogen and oxygen atoms in total. The molecule has 0 fully saturated rings. The molecular weight excluding hydrogens is 360 g/mol. The maximum absolute atomic E-state index is 12.6. The Bertz CT molecular complexity index is 841. The van der Waals surface area contributed by atoms with Crippen molar-refractivity contribution in [2.24, 2.45) is 14.1 Å². The molecule has 0 saturated carbocycles. The maximum atomic E-state index is 12.6. The van der Waals surface area contributed by atoms with E-state index in [0.29, 0.717) is 30.2 Å². The lowest BCUT2D eigenvalue weighted by Gasteiger charge is -2.14. The molecule has 1 unspecified atom stereocenters. The fourth-order valence-electron chi connectivity index (χ4n) is 2.80. The van der Waals surface area contributed by atoms with E-state index in [4.69, 9.17) is 0 Å². The summed E-state index contributed by atoms with van der Waals surface area (Å²) in [5, 5.41) is 15.6. The Morgan fingerprint density at radius 3 is 2.50 bits per heavy atom. The monoisotopic (exact) mass is 388 g/mol. The summed E-state index contributed by atoms with van der Waals surface area (Å²) in [6.07, 6.45) is 1.31. The van der Waals surface area contributed by atoms with Gasteiger partial charge in [-0.15, -0.1) is 0 Å². The van der Waals surface area contributed by atoms with Gasteiger partial charge >= 0.3 is 5.69 Å². The van der Waals surface area contributed by atoms with Crippen molar-refractivity contribution in [3.05, 3.63) is 20.8 Å². The number of nitrogens with two attached hydrogens (primary N) is 1. The first-order valence-corrected chi connectivity index (χ1v) is 8.82. The van der Waals surface area contributed by atoms with Crippen LogP contribution in [0.5, 0.6) is 0 Å². The third-order valence-electron chi connectivity index (χ3n) is 4.21. The lowest BCUT2D eigenvalue weighted by molar-refractivity contribution is -0.661. The topological polar surface area (TPSA) is 111 Å². The van der Waals surface area contributed by atoms with Crippen molar-refractivity contribution in [2.75, 3.05) is 25.0 Å². The molecule has 2 aromatic heterocycles. The summed E-state index contributed by atoms with van der Waals surface area (Å²) in [6, 6.07) is 0. The van der Waals surface area contributed by atoms with Gasteiger partial charge in [0.2, 0.25) is 5.95 Å². The van der Waals surface area contributed by atoms with E-state index >= 15 is 0 Å². The number of quaternary nitrogens is 1. The van der Waals surface area contributed by atoms with Crippen molar-refractivity contribution in [1.29, 1.82) is 0 Å². The molecular formula is C16H29ClN6O3. The predicted molar refractivity (Wildman–Crippen MR) is 97.0 cm³/mol. The highest BCUT2D eigenvalue weighted by molar-refractivity contribution is 5.74. The quantitative estimate of drug-likeness (QED) is 0.376. The number of rotatable bonds is 9. The van der Waals surface area contributed by atoms with Crippen molar-refractivity contribution in [2.45, 2.75) is 39.3 Å². The third kappa shape index (κ3) is 4.46. The molecule has 0 aliphatic rings. The average Bonchev–Trinajstić information content (AvgIpc) is 2.95. The zero-order valence-corrected chi connectivity index (χ0v) is 16.6. The van der Waals surface area contributed by atoms with Gasteiger partial charge in [-0.2, -0.15) is 4.98 Å². The summed E-state index contributed by atoms with van der Waals surface area (Å²) < 4.78 is 4.12. The standard InChI is InChI=1S/C16H28N6O3.ClH/c1-5-7-17-9-11(23)10-22-12-13(19-15(22)18-8-6-2)20(3)16(25)21(4)14(12)24;/h11,17,23H,5-10H2,1-4H3,(H,18,19);1H. The molecule has 0 aliphatic heterocycles. The highest BCUT2D eigenvalue weighted by Crippen LogP contribution is 2.16. The number of nitrogens with zero attached hydrogens (tertiary/aromatic N) is 4. The second-order valence-corrected chi connectivity index (χ2v) is 6.32. The van der Waals surface area contributed by atoms with Crippen LogP contribution in [0.4, 0.5) is 5.95 Å². The zero-order chi connectivity index (χ0) is 18.6. The number of hydrogen-bond donors (Lipinski definition) is 3. The highest BCUT2D eigenvalue weighted by atomic mass is 35.5. The first-order chi connectivity index (χ1) is 11.9. The Hall–Kier alpha value is -1.84. The number of hydrogen-bond acceptors (Lipinski definition) is 5. The van der Waals surface area contributed by atoms with Gasteiger partial charge in [-0.3, -0.25) is 13.9 Å². The van der Waals surface area contributed by atoms with Crippen LogP contribution in [0.25, 0.3) is 11.2 Å². The molecule has 10 heteroatoms. The molecule has 4 N–H and O–H groups in total. The number of anilines is 1. The van der Waals surface area contributed by atoms with E-state index < -0.39 is 17.4 Å². The zero-order valence-electron chi connectivity index (χ0n) is 15.8. The lowest BCUT2D eigenvalue weighted by atomic mass is 10.3. The average molecular weight is 389 g/mol. The Morgan fingerprint density at radius 1 is 1.19 bits per heavy atom. The number of aromatic nitrogens is 4. The molecule has 0 aliphatic carbocycles. The van der Waals surface area contributed by atoms with Gasteiger partial charge in [0.25, 0.3) is 5.56 Å². The third-order valence-corrected chi connectivity index (χ3v) is 4.21. The summed E-state index contributed by atoms with van der Waals surface area (Å²) in [5.74, 6) is 0.504. The molecule has 2 aromatic rings. The Labute approximate surface area is 158 Å². The van der Waals surface area contributed by atoms with E-state index in [2.05, 4.69) is 22.5 Å². The van der Waals surface area contributed by atoms with E-state index in [1.807, 2.05) is 6.92 Å². The fourth-order valence-corrected chi connectivity index (χ4v) is 2.80. The molecule has 0 radical (unpaired) electrons. The summed E-state index contributed by atoms with van der Waals surface area (Å²) in [6.45, 7) is 6.55. The largest absolute Gasteiger partial charge is 1.00 e. The molecule has 2 rings (SSSR count). The van der Waals surface area contributed by atoms with Crippen molar-refractivity contribution < 1.29 is 22.8 Å². The van der Waals surface area contributed by atoms with Crippen LogP contribution < -0.4 is 34.3 Å². The Morgan fingerprint density at radius 2 is 1.88 bits per heavy atom. The van der Waals surface area contributed by atoms with Gasteiger partial charge in [0.05, 0.1) is 13.1 Å². The lowest BCUT2D eigenvalue weighted by Crippen LogP contribution is -3.00. The van der Waals surface area contributed by atoms with Crippen molar-refractivity contribution in [3.63, 3.8) is 0 Å². The number of nitrogens with one attached hydrogen (secondary N) is 1. The van der Waals surface area contributed by atoms with Crippen LogP contribution >= 0.6 is 0 Å². The first-order valence-electron chi connectivity index (χ1n) is 8.82. The smallest absolute Gasteiger partial charge is 0.332 e. The van der Waals surface area contributed by atoms with Gasteiger partial charge in [0.15, 0.2) is 11.2 Å². The number of halogens is 1. The molecule has 0 bridgehead atoms. The Kier molecular flexibility index (Phi) is 8.32. The van der Waals surface area contributed by atoms with Gasteiger partial charge in [0.1, 0.15) is 12.6 Å². The van der Waals surface area contributed by atoms with E-state index in [1.54, 1.807) is 11.6 Å². The number of fused-ring (bicyclic) bond motifs is 1. The SMILES string of the molecule is CCCNc1nc2c(c(=O)n(C)c(=O)n2C)n1CC(O)C[NH2+]CCC.[Cl-]. The molecule has 0 aromatic carbocycles. The predicted octanol–water partition coefficient (Wildman–Crippen LogP) is -4.41. The van der Waals surface area contributed by atoms with Gasteiger partial charge in [0, 0.05) is 20.6 Å². The Balaban J connectivity index is 0.00000338. The van der Waals surface area contributed by atoms with Crippen LogP contribution in [-0.4, -0.2) is 49.5 Å². The molecule has 1 atom stereocenters. The van der Waals surface area contributed by atoms with Crippen LogP contribution in [0.15, 0.2) is 9.59 Å².